The lowest BCUT2D eigenvalue weighted by molar-refractivity contribution is -0.139. The van der Waals surface area contributed by atoms with Gasteiger partial charge in [-0.15, -0.1) is 11.8 Å². The van der Waals surface area contributed by atoms with E-state index in [2.05, 4.69) is 10.6 Å². The van der Waals surface area contributed by atoms with Gasteiger partial charge in [-0.2, -0.15) is 0 Å². The molecule has 11 nitrogen and oxygen atoms in total. The molecule has 1 heterocycles. The normalized spacial score (nSPS) is 23.0. The number of nitrogens with two attached hydrogens (primary N) is 1. The molecule has 0 radical (unpaired) electrons. The summed E-state index contributed by atoms with van der Waals surface area (Å²) in [5.41, 5.74) is 5.96. The van der Waals surface area contributed by atoms with Crippen LogP contribution in [0.5, 0.6) is 0 Å². The van der Waals surface area contributed by atoms with Gasteiger partial charge >= 0.3 is 0 Å². The number of carbonyl (C=O) groups excluding carboxylic acids is 5. The van der Waals surface area contributed by atoms with Crippen molar-refractivity contribution in [1.82, 2.24) is 15.5 Å². The maximum absolute atomic E-state index is 12.8. The molecule has 204 valence electrons. The molecule has 36 heavy (non-hydrogen) atoms. The topological polar surface area (TPSA) is 157 Å². The highest BCUT2D eigenvalue weighted by Gasteiger charge is 2.40. The Morgan fingerprint density at radius 1 is 1.08 bits per heavy atom. The molecule has 4 amide bonds. The van der Waals surface area contributed by atoms with Gasteiger partial charge in [-0.1, -0.05) is 0 Å². The predicted octanol–water partition coefficient (Wildman–Crippen LogP) is -0.145. The summed E-state index contributed by atoms with van der Waals surface area (Å²) in [6, 6.07) is -0.810. The third-order valence-corrected chi connectivity index (χ3v) is 7.57. The van der Waals surface area contributed by atoms with E-state index < -0.39 is 11.3 Å². The van der Waals surface area contributed by atoms with Gasteiger partial charge in [0.15, 0.2) is 5.78 Å². The summed E-state index contributed by atoms with van der Waals surface area (Å²) in [6.45, 7) is 5.58. The van der Waals surface area contributed by atoms with Gasteiger partial charge in [-0.05, 0) is 45.4 Å². The Balaban J connectivity index is 1.62. The molecule has 2 aliphatic rings. The Hall–Kier alpha value is -2.02. The van der Waals surface area contributed by atoms with Crippen LogP contribution < -0.4 is 16.4 Å². The van der Waals surface area contributed by atoms with Crippen LogP contribution in [0.2, 0.25) is 0 Å². The van der Waals surface area contributed by atoms with Crippen LogP contribution in [0.1, 0.15) is 46.0 Å². The first-order valence-corrected chi connectivity index (χ1v) is 13.7. The Morgan fingerprint density at radius 3 is 2.44 bits per heavy atom. The Kier molecular flexibility index (Phi) is 13.4. The molecule has 2 fully saturated rings. The first-order chi connectivity index (χ1) is 17.2. The van der Waals surface area contributed by atoms with Gasteiger partial charge in [0.05, 0.1) is 31.1 Å². The number of nitrogens with zero attached hydrogens (tertiary/aromatic N) is 1. The highest BCUT2D eigenvalue weighted by molar-refractivity contribution is 8.00. The van der Waals surface area contributed by atoms with Crippen molar-refractivity contribution in [1.29, 1.82) is 0 Å². The lowest BCUT2D eigenvalue weighted by Gasteiger charge is -2.30. The summed E-state index contributed by atoms with van der Waals surface area (Å²) in [6.07, 6.45) is 3.29. The molecular formula is C24H40N4O7S. The zero-order valence-corrected chi connectivity index (χ0v) is 22.1. The first-order valence-electron chi connectivity index (χ1n) is 12.6. The number of hydrogen-bond donors (Lipinski definition) is 3. The molecule has 0 spiro atoms. The summed E-state index contributed by atoms with van der Waals surface area (Å²) < 4.78 is 10.4. The molecule has 1 saturated heterocycles. The number of ketones is 1. The fourth-order valence-corrected chi connectivity index (χ4v) is 5.39. The maximum atomic E-state index is 12.8. The SMILES string of the molecule is CCNC(=O)C1CCC(CN2C(=O)CC(SC[C@H](N)C(=O)NCCOCCOCC(C)=O)C2=O)CC1. The smallest absolute Gasteiger partial charge is 0.242 e. The second-order valence-electron chi connectivity index (χ2n) is 9.25. The standard InChI is InChI=1S/C24H40N4O7S/c1-3-26-22(31)18-6-4-17(5-7-18)13-28-21(30)12-20(24(28)33)36-15-19(25)23(32)27-8-9-34-10-11-35-14-16(2)29/h17-20H,3-15,25H2,1-2H3,(H,26,31)(H,27,32)/t17?,18?,19-,20?/m0/s1. The van der Waals surface area contributed by atoms with Gasteiger partial charge in [0.1, 0.15) is 6.61 Å². The van der Waals surface area contributed by atoms with E-state index in [0.717, 1.165) is 25.7 Å². The Morgan fingerprint density at radius 2 is 1.78 bits per heavy atom. The van der Waals surface area contributed by atoms with Crippen LogP contribution in [-0.2, 0) is 33.4 Å². The van der Waals surface area contributed by atoms with Crippen LogP contribution in [0.25, 0.3) is 0 Å². The van der Waals surface area contributed by atoms with E-state index in [-0.39, 0.29) is 73.2 Å². The number of ether oxygens (including phenoxy) is 2. The van der Waals surface area contributed by atoms with Crippen LogP contribution in [-0.4, -0.2) is 97.4 Å². The van der Waals surface area contributed by atoms with Crippen molar-refractivity contribution in [2.45, 2.75) is 57.2 Å². The molecule has 1 saturated carbocycles. The van der Waals surface area contributed by atoms with Crippen molar-refractivity contribution in [3.05, 3.63) is 0 Å². The van der Waals surface area contributed by atoms with Gasteiger partial charge < -0.3 is 25.8 Å². The number of amides is 4. The van der Waals surface area contributed by atoms with Gasteiger partial charge in [-0.25, -0.2) is 0 Å². The molecule has 1 aliphatic heterocycles. The minimum atomic E-state index is -0.810. The summed E-state index contributed by atoms with van der Waals surface area (Å²) in [5.74, 6) is -0.276. The largest absolute Gasteiger partial charge is 0.377 e. The van der Waals surface area contributed by atoms with E-state index in [0.29, 0.717) is 26.3 Å². The number of rotatable bonds is 16. The lowest BCUT2D eigenvalue weighted by atomic mass is 9.81. The number of likely N-dealkylation sites (tertiary alicyclic amines) is 1. The van der Waals surface area contributed by atoms with Crippen molar-refractivity contribution in [2.24, 2.45) is 17.6 Å². The third-order valence-electron chi connectivity index (χ3n) is 6.25. The Labute approximate surface area is 216 Å². The van der Waals surface area contributed by atoms with Crippen molar-refractivity contribution in [3.8, 4) is 0 Å². The number of nitrogens with one attached hydrogen (secondary N) is 2. The highest BCUT2D eigenvalue weighted by atomic mass is 32.2. The summed E-state index contributed by atoms with van der Waals surface area (Å²) in [7, 11) is 0. The van der Waals surface area contributed by atoms with Crippen molar-refractivity contribution < 1.29 is 33.4 Å². The zero-order valence-electron chi connectivity index (χ0n) is 21.3. The minimum Gasteiger partial charge on any atom is -0.377 e. The van der Waals surface area contributed by atoms with E-state index in [4.69, 9.17) is 15.2 Å². The van der Waals surface area contributed by atoms with E-state index in [1.54, 1.807) is 0 Å². The van der Waals surface area contributed by atoms with Gasteiger partial charge in [0, 0.05) is 37.7 Å². The number of hydrogen-bond acceptors (Lipinski definition) is 9. The molecule has 0 aromatic rings. The molecule has 1 aliphatic carbocycles. The van der Waals surface area contributed by atoms with Gasteiger partial charge in [-0.3, -0.25) is 28.9 Å². The average Bonchev–Trinajstić information content (AvgIpc) is 3.11. The third kappa shape index (κ3) is 10.2. The fourth-order valence-electron chi connectivity index (χ4n) is 4.27. The molecule has 12 heteroatoms. The number of Topliss-reactive ketones (excluding diaryl/α,β-unsaturated/α-hetero) is 1. The van der Waals surface area contributed by atoms with Crippen LogP contribution in [0.4, 0.5) is 0 Å². The lowest BCUT2D eigenvalue weighted by Crippen LogP contribution is -2.44. The van der Waals surface area contributed by atoms with Crippen LogP contribution in [0.3, 0.4) is 0 Å². The van der Waals surface area contributed by atoms with Gasteiger partial charge in [0.25, 0.3) is 0 Å². The van der Waals surface area contributed by atoms with E-state index >= 15 is 0 Å². The highest BCUT2D eigenvalue weighted by Crippen LogP contribution is 2.32. The summed E-state index contributed by atoms with van der Waals surface area (Å²) in [5, 5.41) is 5.02. The molecular weight excluding hydrogens is 488 g/mol. The van der Waals surface area contributed by atoms with Crippen LogP contribution in [0, 0.1) is 11.8 Å². The quantitative estimate of drug-likeness (QED) is 0.183. The number of imide groups is 1. The molecule has 0 aromatic carbocycles. The number of carbonyl (C=O) groups is 5. The Bertz CT molecular complexity index is 774. The molecule has 1 unspecified atom stereocenters. The van der Waals surface area contributed by atoms with E-state index in [1.165, 1.54) is 23.6 Å². The number of thioether (sulfide) groups is 1. The summed E-state index contributed by atoms with van der Waals surface area (Å²) >= 11 is 1.24. The second-order valence-corrected chi connectivity index (χ2v) is 10.5. The van der Waals surface area contributed by atoms with Crippen molar-refractivity contribution in [2.75, 3.05) is 51.8 Å². The first kappa shape index (κ1) is 30.2. The average molecular weight is 529 g/mol. The zero-order chi connectivity index (χ0) is 26.5. The van der Waals surface area contributed by atoms with Crippen molar-refractivity contribution in [3.63, 3.8) is 0 Å². The van der Waals surface area contributed by atoms with E-state index in [1.807, 2.05) is 6.92 Å². The predicted molar refractivity (Wildman–Crippen MR) is 135 cm³/mol. The molecule has 4 N–H and O–H groups in total. The molecule has 2 atom stereocenters. The molecule has 0 bridgehead atoms. The summed E-state index contributed by atoms with van der Waals surface area (Å²) in [4.78, 5) is 61.6. The molecule has 0 aromatic heterocycles. The maximum Gasteiger partial charge on any atom is 0.242 e. The minimum absolute atomic E-state index is 0.0143. The molecule has 2 rings (SSSR count). The fraction of sp³-hybridized carbons (Fsp3) is 0.792. The van der Waals surface area contributed by atoms with Crippen molar-refractivity contribution >= 4 is 41.2 Å². The second kappa shape index (κ2) is 16.0. The van der Waals surface area contributed by atoms with Gasteiger partial charge in [0.2, 0.25) is 23.6 Å². The van der Waals surface area contributed by atoms with Crippen LogP contribution >= 0.6 is 11.8 Å². The van der Waals surface area contributed by atoms with E-state index in [9.17, 15) is 24.0 Å². The van der Waals surface area contributed by atoms with Crippen LogP contribution in [0.15, 0.2) is 0 Å². The monoisotopic (exact) mass is 528 g/mol.